The zero-order chi connectivity index (χ0) is 19.3. The molecular weight excluding hydrogens is 341 g/mol. The Balaban J connectivity index is 2.19. The number of methoxy groups -OCH3 is 1. The third kappa shape index (κ3) is 5.03. The number of carbonyl (C=O) groups is 2. The SMILES string of the molecule is COCc1cc(NC(=O)C(C)(C)Oc2ccc(F)cc2)cc(C(=O)O)c1. The van der Waals surface area contributed by atoms with Crippen LogP contribution in [0.15, 0.2) is 42.5 Å². The molecule has 2 rings (SSSR count). The van der Waals surface area contributed by atoms with Crippen molar-refractivity contribution < 1.29 is 28.6 Å². The summed E-state index contributed by atoms with van der Waals surface area (Å²) in [5, 5.41) is 11.9. The van der Waals surface area contributed by atoms with E-state index in [1.807, 2.05) is 0 Å². The molecule has 0 fully saturated rings. The predicted octanol–water partition coefficient (Wildman–Crippen LogP) is 3.47. The van der Waals surface area contributed by atoms with E-state index in [2.05, 4.69) is 5.32 Å². The summed E-state index contributed by atoms with van der Waals surface area (Å²) in [4.78, 5) is 23.8. The van der Waals surface area contributed by atoms with Gasteiger partial charge in [-0.25, -0.2) is 9.18 Å². The zero-order valence-corrected chi connectivity index (χ0v) is 14.7. The fourth-order valence-electron chi connectivity index (χ4n) is 2.26. The Hall–Kier alpha value is -2.93. The molecule has 0 aromatic heterocycles. The van der Waals surface area contributed by atoms with Crippen molar-refractivity contribution in [1.82, 2.24) is 0 Å². The van der Waals surface area contributed by atoms with E-state index in [0.29, 0.717) is 17.0 Å². The molecule has 2 aromatic rings. The molecule has 0 heterocycles. The molecule has 0 aliphatic heterocycles. The molecule has 26 heavy (non-hydrogen) atoms. The number of hydrogen-bond acceptors (Lipinski definition) is 4. The van der Waals surface area contributed by atoms with Gasteiger partial charge >= 0.3 is 5.97 Å². The summed E-state index contributed by atoms with van der Waals surface area (Å²) in [5.41, 5.74) is -0.303. The van der Waals surface area contributed by atoms with Gasteiger partial charge in [-0.1, -0.05) is 0 Å². The Morgan fingerprint density at radius 2 is 1.81 bits per heavy atom. The number of rotatable bonds is 7. The van der Waals surface area contributed by atoms with E-state index in [4.69, 9.17) is 9.47 Å². The number of ether oxygens (including phenoxy) is 2. The summed E-state index contributed by atoms with van der Waals surface area (Å²) >= 11 is 0. The van der Waals surface area contributed by atoms with Crippen molar-refractivity contribution in [2.45, 2.75) is 26.1 Å². The minimum Gasteiger partial charge on any atom is -0.478 e. The maximum atomic E-state index is 13.0. The van der Waals surface area contributed by atoms with Crippen LogP contribution in [0.1, 0.15) is 29.8 Å². The highest BCUT2D eigenvalue weighted by molar-refractivity contribution is 5.98. The molecule has 7 heteroatoms. The lowest BCUT2D eigenvalue weighted by Crippen LogP contribution is -2.42. The molecular formula is C19H20FNO5. The average Bonchev–Trinajstić information content (AvgIpc) is 2.56. The Kier molecular flexibility index (Phi) is 5.94. The van der Waals surface area contributed by atoms with Gasteiger partial charge < -0.3 is 19.9 Å². The highest BCUT2D eigenvalue weighted by atomic mass is 19.1. The highest BCUT2D eigenvalue weighted by Crippen LogP contribution is 2.22. The van der Waals surface area contributed by atoms with Crippen LogP contribution < -0.4 is 10.1 Å². The first-order valence-corrected chi connectivity index (χ1v) is 7.83. The molecule has 0 saturated heterocycles. The summed E-state index contributed by atoms with van der Waals surface area (Å²) in [6.07, 6.45) is 0. The highest BCUT2D eigenvalue weighted by Gasteiger charge is 2.30. The zero-order valence-electron chi connectivity index (χ0n) is 14.7. The van der Waals surface area contributed by atoms with Crippen molar-refractivity contribution in [3.05, 3.63) is 59.4 Å². The number of carboxylic acids is 1. The van der Waals surface area contributed by atoms with Gasteiger partial charge in [0.1, 0.15) is 11.6 Å². The first-order valence-electron chi connectivity index (χ1n) is 7.83. The summed E-state index contributed by atoms with van der Waals surface area (Å²) in [5.74, 6) is -1.66. The van der Waals surface area contributed by atoms with Gasteiger partial charge in [0, 0.05) is 12.8 Å². The van der Waals surface area contributed by atoms with E-state index >= 15 is 0 Å². The third-order valence-corrected chi connectivity index (χ3v) is 3.54. The summed E-state index contributed by atoms with van der Waals surface area (Å²) < 4.78 is 23.6. The molecule has 0 aliphatic rings. The monoisotopic (exact) mass is 361 g/mol. The Morgan fingerprint density at radius 3 is 2.38 bits per heavy atom. The van der Waals surface area contributed by atoms with Gasteiger partial charge in [-0.2, -0.15) is 0 Å². The number of hydrogen-bond donors (Lipinski definition) is 2. The second-order valence-corrected chi connectivity index (χ2v) is 6.18. The predicted molar refractivity (Wildman–Crippen MR) is 93.9 cm³/mol. The topological polar surface area (TPSA) is 84.9 Å². The van der Waals surface area contributed by atoms with Gasteiger partial charge in [0.25, 0.3) is 5.91 Å². The van der Waals surface area contributed by atoms with E-state index in [9.17, 15) is 19.1 Å². The number of halogens is 1. The second-order valence-electron chi connectivity index (χ2n) is 6.18. The molecule has 0 aliphatic carbocycles. The normalized spacial score (nSPS) is 11.1. The van der Waals surface area contributed by atoms with Crippen LogP contribution in [0.3, 0.4) is 0 Å². The third-order valence-electron chi connectivity index (χ3n) is 3.54. The molecule has 138 valence electrons. The fraction of sp³-hybridized carbons (Fsp3) is 0.263. The van der Waals surface area contributed by atoms with Gasteiger partial charge in [-0.05, 0) is 61.9 Å². The van der Waals surface area contributed by atoms with Crippen molar-refractivity contribution in [1.29, 1.82) is 0 Å². The maximum absolute atomic E-state index is 13.0. The lowest BCUT2D eigenvalue weighted by atomic mass is 10.1. The Bertz CT molecular complexity index is 802. The van der Waals surface area contributed by atoms with Gasteiger partial charge in [-0.15, -0.1) is 0 Å². The number of nitrogens with one attached hydrogen (secondary N) is 1. The van der Waals surface area contributed by atoms with Crippen LogP contribution in [-0.2, 0) is 16.1 Å². The summed E-state index contributed by atoms with van der Waals surface area (Å²) in [6.45, 7) is 3.32. The van der Waals surface area contributed by atoms with Crippen molar-refractivity contribution in [2.24, 2.45) is 0 Å². The largest absolute Gasteiger partial charge is 0.478 e. The van der Waals surface area contributed by atoms with Crippen LogP contribution in [0.25, 0.3) is 0 Å². The van der Waals surface area contributed by atoms with E-state index < -0.39 is 23.3 Å². The number of carbonyl (C=O) groups excluding carboxylic acids is 1. The smallest absolute Gasteiger partial charge is 0.335 e. The van der Waals surface area contributed by atoms with Crippen LogP contribution in [-0.4, -0.2) is 29.7 Å². The van der Waals surface area contributed by atoms with Gasteiger partial charge in [0.15, 0.2) is 5.60 Å². The van der Waals surface area contributed by atoms with Gasteiger partial charge in [-0.3, -0.25) is 4.79 Å². The number of benzene rings is 2. The summed E-state index contributed by atoms with van der Waals surface area (Å²) in [6, 6.07) is 9.77. The molecule has 0 radical (unpaired) electrons. The molecule has 0 saturated carbocycles. The van der Waals surface area contributed by atoms with E-state index in [1.165, 1.54) is 43.5 Å². The van der Waals surface area contributed by atoms with Gasteiger partial charge in [0.05, 0.1) is 12.2 Å². The molecule has 0 unspecified atom stereocenters. The molecule has 2 aromatic carbocycles. The number of anilines is 1. The first-order chi connectivity index (χ1) is 12.2. The molecule has 2 N–H and O–H groups in total. The maximum Gasteiger partial charge on any atom is 0.335 e. The summed E-state index contributed by atoms with van der Waals surface area (Å²) in [7, 11) is 1.49. The van der Waals surface area contributed by atoms with Crippen LogP contribution in [0, 0.1) is 5.82 Å². The fourth-order valence-corrected chi connectivity index (χ4v) is 2.26. The van der Waals surface area contributed by atoms with Crippen LogP contribution in [0.5, 0.6) is 5.75 Å². The first kappa shape index (κ1) is 19.4. The molecule has 0 atom stereocenters. The van der Waals surface area contributed by atoms with Crippen molar-refractivity contribution in [2.75, 3.05) is 12.4 Å². The molecule has 0 spiro atoms. The molecule has 6 nitrogen and oxygen atoms in total. The van der Waals surface area contributed by atoms with E-state index in [0.717, 1.165) is 0 Å². The molecule has 1 amide bonds. The number of aromatic carboxylic acids is 1. The Labute approximate surface area is 150 Å². The van der Waals surface area contributed by atoms with E-state index in [-0.39, 0.29) is 12.2 Å². The van der Waals surface area contributed by atoms with Gasteiger partial charge in [0.2, 0.25) is 0 Å². The minimum absolute atomic E-state index is 0.0344. The van der Waals surface area contributed by atoms with Crippen molar-refractivity contribution in [3.8, 4) is 5.75 Å². The molecule has 0 bridgehead atoms. The van der Waals surface area contributed by atoms with Crippen LogP contribution >= 0.6 is 0 Å². The lowest BCUT2D eigenvalue weighted by molar-refractivity contribution is -0.128. The quantitative estimate of drug-likeness (QED) is 0.789. The van der Waals surface area contributed by atoms with E-state index in [1.54, 1.807) is 19.9 Å². The number of carboxylic acid groups (broad SMARTS) is 1. The average molecular weight is 361 g/mol. The van der Waals surface area contributed by atoms with Crippen molar-refractivity contribution >= 4 is 17.6 Å². The lowest BCUT2D eigenvalue weighted by Gasteiger charge is -2.25. The standard InChI is InChI=1S/C19H20FNO5/c1-19(2,26-16-6-4-14(20)5-7-16)18(24)21-15-9-12(11-25-3)8-13(10-15)17(22)23/h4-10H,11H2,1-3H3,(H,21,24)(H,22,23). The number of amides is 1. The van der Waals surface area contributed by atoms with Crippen LogP contribution in [0.4, 0.5) is 10.1 Å². The minimum atomic E-state index is -1.27. The second kappa shape index (κ2) is 7.97. The van der Waals surface area contributed by atoms with Crippen molar-refractivity contribution in [3.63, 3.8) is 0 Å². The Morgan fingerprint density at radius 1 is 1.15 bits per heavy atom. The van der Waals surface area contributed by atoms with Crippen LogP contribution in [0.2, 0.25) is 0 Å².